The van der Waals surface area contributed by atoms with E-state index in [2.05, 4.69) is 11.4 Å². The topological polar surface area (TPSA) is 58.6 Å². The zero-order valence-corrected chi connectivity index (χ0v) is 19.6. The van der Waals surface area contributed by atoms with Crippen LogP contribution < -0.4 is 15.0 Å². The first-order valence-corrected chi connectivity index (χ1v) is 11.1. The summed E-state index contributed by atoms with van der Waals surface area (Å²) in [5, 5.41) is 3.25. The molecule has 1 aliphatic rings. The van der Waals surface area contributed by atoms with E-state index < -0.39 is 0 Å². The van der Waals surface area contributed by atoms with E-state index in [9.17, 15) is 9.59 Å². The number of carbonyl (C=O) groups excluding carboxylic acids is 2. The second kappa shape index (κ2) is 8.94. The van der Waals surface area contributed by atoms with Crippen molar-refractivity contribution in [3.05, 3.63) is 94.7 Å². The summed E-state index contributed by atoms with van der Waals surface area (Å²) < 4.78 is 5.74. The molecule has 4 rings (SSSR count). The van der Waals surface area contributed by atoms with Crippen molar-refractivity contribution in [2.24, 2.45) is 0 Å². The number of hydrogen-bond acceptors (Lipinski definition) is 4. The second-order valence-corrected chi connectivity index (χ2v) is 8.67. The molecule has 0 atom stereocenters. The van der Waals surface area contributed by atoms with Gasteiger partial charge < -0.3 is 10.1 Å². The van der Waals surface area contributed by atoms with E-state index >= 15 is 0 Å². The van der Waals surface area contributed by atoms with Gasteiger partial charge in [-0.05, 0) is 87.2 Å². The number of carbonyl (C=O) groups is 2. The fourth-order valence-corrected chi connectivity index (χ4v) is 4.11. The predicted molar refractivity (Wildman–Crippen MR) is 132 cm³/mol. The van der Waals surface area contributed by atoms with Crippen LogP contribution in [0.1, 0.15) is 36.1 Å². The van der Waals surface area contributed by atoms with Crippen LogP contribution >= 0.6 is 0 Å². The number of aryl methyl sites for hydroxylation is 3. The van der Waals surface area contributed by atoms with Gasteiger partial charge >= 0.3 is 0 Å². The van der Waals surface area contributed by atoms with E-state index in [1.165, 1.54) is 4.90 Å². The van der Waals surface area contributed by atoms with Gasteiger partial charge in [-0.2, -0.15) is 0 Å². The van der Waals surface area contributed by atoms with E-state index in [1.807, 2.05) is 89.2 Å². The van der Waals surface area contributed by atoms with Crippen molar-refractivity contribution in [3.63, 3.8) is 0 Å². The molecule has 1 aliphatic heterocycles. The van der Waals surface area contributed by atoms with Gasteiger partial charge in [-0.25, -0.2) is 4.90 Å². The van der Waals surface area contributed by atoms with Crippen molar-refractivity contribution in [3.8, 4) is 5.75 Å². The van der Waals surface area contributed by atoms with Crippen LogP contribution in [0.2, 0.25) is 0 Å². The lowest BCUT2D eigenvalue weighted by Crippen LogP contribution is -2.33. The van der Waals surface area contributed by atoms with Crippen molar-refractivity contribution in [2.45, 2.75) is 40.7 Å². The molecule has 1 heterocycles. The minimum absolute atomic E-state index is 0.0445. The average Bonchev–Trinajstić information content (AvgIpc) is 2.98. The minimum Gasteiger partial charge on any atom is -0.491 e. The Kier molecular flexibility index (Phi) is 6.05. The quantitative estimate of drug-likeness (QED) is 0.493. The molecule has 0 saturated heterocycles. The van der Waals surface area contributed by atoms with Gasteiger partial charge in [0, 0.05) is 5.69 Å². The fourth-order valence-electron chi connectivity index (χ4n) is 4.11. The van der Waals surface area contributed by atoms with Crippen LogP contribution in [0.5, 0.6) is 5.75 Å². The van der Waals surface area contributed by atoms with Gasteiger partial charge in [0.2, 0.25) is 0 Å². The largest absolute Gasteiger partial charge is 0.491 e. The Morgan fingerprint density at radius 1 is 0.818 bits per heavy atom. The molecule has 1 N–H and O–H groups in total. The summed E-state index contributed by atoms with van der Waals surface area (Å²) in [4.78, 5) is 28.5. The number of hydrogen-bond donors (Lipinski definition) is 1. The van der Waals surface area contributed by atoms with Crippen molar-refractivity contribution in [1.29, 1.82) is 0 Å². The van der Waals surface area contributed by atoms with Crippen LogP contribution in [0.25, 0.3) is 5.57 Å². The molecule has 3 aromatic carbocycles. The molecule has 0 fully saturated rings. The van der Waals surface area contributed by atoms with E-state index in [0.29, 0.717) is 22.6 Å². The van der Waals surface area contributed by atoms with Gasteiger partial charge in [0.15, 0.2) is 0 Å². The molecule has 2 amide bonds. The van der Waals surface area contributed by atoms with Gasteiger partial charge in [0.25, 0.3) is 11.8 Å². The number of nitrogens with zero attached hydrogens (tertiary/aromatic N) is 1. The smallest absolute Gasteiger partial charge is 0.282 e. The highest BCUT2D eigenvalue weighted by Gasteiger charge is 2.40. The third-order valence-corrected chi connectivity index (χ3v) is 5.45. The molecule has 33 heavy (non-hydrogen) atoms. The van der Waals surface area contributed by atoms with Crippen molar-refractivity contribution in [2.75, 3.05) is 10.2 Å². The van der Waals surface area contributed by atoms with E-state index in [1.54, 1.807) is 6.07 Å². The molecular weight excluding hydrogens is 412 g/mol. The lowest BCUT2D eigenvalue weighted by Gasteiger charge is -2.17. The molecule has 0 radical (unpaired) electrons. The maximum atomic E-state index is 13.6. The SMILES string of the molecule is Cc1cc(C)cc(NC2=C(c3ccc(OC(C)C)cc3)C(=O)N(c3ccccc3C)C2=O)c1. The summed E-state index contributed by atoms with van der Waals surface area (Å²) >= 11 is 0. The highest BCUT2D eigenvalue weighted by Crippen LogP contribution is 2.35. The zero-order valence-electron chi connectivity index (χ0n) is 19.6. The van der Waals surface area contributed by atoms with Gasteiger partial charge in [-0.15, -0.1) is 0 Å². The van der Waals surface area contributed by atoms with E-state index in [4.69, 9.17) is 4.74 Å². The monoisotopic (exact) mass is 440 g/mol. The summed E-state index contributed by atoms with van der Waals surface area (Å²) in [6.07, 6.45) is 0.0445. The van der Waals surface area contributed by atoms with Crippen LogP contribution in [0, 0.1) is 20.8 Å². The number of ether oxygens (including phenoxy) is 1. The van der Waals surface area contributed by atoms with Crippen molar-refractivity contribution in [1.82, 2.24) is 0 Å². The van der Waals surface area contributed by atoms with Crippen LogP contribution in [0.4, 0.5) is 11.4 Å². The molecule has 0 aromatic heterocycles. The standard InChI is InChI=1S/C28H28N2O3/c1-17(2)33-23-12-10-21(11-13-23)25-26(29-22-15-18(3)14-19(4)16-22)28(32)30(27(25)31)24-9-7-6-8-20(24)5/h6-17,29H,1-5H3. The Labute approximate surface area is 194 Å². The maximum Gasteiger partial charge on any atom is 0.282 e. The molecule has 0 aliphatic carbocycles. The lowest BCUT2D eigenvalue weighted by molar-refractivity contribution is -0.120. The Morgan fingerprint density at radius 2 is 1.45 bits per heavy atom. The number of amides is 2. The summed E-state index contributed by atoms with van der Waals surface area (Å²) in [5.41, 5.74) is 5.63. The molecular formula is C28H28N2O3. The Morgan fingerprint density at radius 3 is 2.06 bits per heavy atom. The molecule has 168 valence electrons. The highest BCUT2D eigenvalue weighted by atomic mass is 16.5. The molecule has 0 bridgehead atoms. The number of nitrogens with one attached hydrogen (secondary N) is 1. The lowest BCUT2D eigenvalue weighted by atomic mass is 10.0. The number of benzene rings is 3. The molecule has 3 aromatic rings. The average molecular weight is 441 g/mol. The summed E-state index contributed by atoms with van der Waals surface area (Å²) in [6, 6.07) is 20.7. The Bertz CT molecular complexity index is 1240. The summed E-state index contributed by atoms with van der Waals surface area (Å²) in [5.74, 6) is -0.00429. The third-order valence-electron chi connectivity index (χ3n) is 5.45. The van der Waals surface area contributed by atoms with Crippen LogP contribution in [0.15, 0.2) is 72.4 Å². The number of anilines is 2. The van der Waals surface area contributed by atoms with E-state index in [0.717, 1.165) is 22.4 Å². The van der Waals surface area contributed by atoms with Crippen LogP contribution in [0.3, 0.4) is 0 Å². The normalized spacial score (nSPS) is 13.8. The van der Waals surface area contributed by atoms with Crippen molar-refractivity contribution >= 4 is 28.8 Å². The first-order valence-electron chi connectivity index (χ1n) is 11.1. The summed E-state index contributed by atoms with van der Waals surface area (Å²) in [7, 11) is 0. The molecule has 0 unspecified atom stereocenters. The van der Waals surface area contributed by atoms with Gasteiger partial charge in [-0.1, -0.05) is 36.4 Å². The number of para-hydroxylation sites is 1. The minimum atomic E-state index is -0.369. The zero-order chi connectivity index (χ0) is 23.7. The third kappa shape index (κ3) is 4.53. The summed E-state index contributed by atoms with van der Waals surface area (Å²) in [6.45, 7) is 9.82. The van der Waals surface area contributed by atoms with Gasteiger partial charge in [-0.3, -0.25) is 9.59 Å². The number of rotatable bonds is 6. The van der Waals surface area contributed by atoms with Crippen LogP contribution in [-0.2, 0) is 9.59 Å². The van der Waals surface area contributed by atoms with Gasteiger partial charge in [0.1, 0.15) is 11.4 Å². The highest BCUT2D eigenvalue weighted by molar-refractivity contribution is 6.46. The first-order chi connectivity index (χ1) is 15.7. The molecule has 5 heteroatoms. The number of imide groups is 1. The molecule has 0 saturated carbocycles. The van der Waals surface area contributed by atoms with Crippen molar-refractivity contribution < 1.29 is 14.3 Å². The van der Waals surface area contributed by atoms with Gasteiger partial charge in [0.05, 0.1) is 17.4 Å². The second-order valence-electron chi connectivity index (χ2n) is 8.67. The van der Waals surface area contributed by atoms with E-state index in [-0.39, 0.29) is 23.6 Å². The fraction of sp³-hybridized carbons (Fsp3) is 0.214. The molecule has 5 nitrogen and oxygen atoms in total. The maximum absolute atomic E-state index is 13.6. The van der Waals surface area contributed by atoms with Crippen LogP contribution in [-0.4, -0.2) is 17.9 Å². The predicted octanol–water partition coefficient (Wildman–Crippen LogP) is 5.80. The Hall–Kier alpha value is -3.86. The Balaban J connectivity index is 1.81. The molecule has 0 spiro atoms. The first kappa shape index (κ1) is 22.3.